The summed E-state index contributed by atoms with van der Waals surface area (Å²) in [5.41, 5.74) is 0.492. The third-order valence-electron chi connectivity index (χ3n) is 5.39. The summed E-state index contributed by atoms with van der Waals surface area (Å²) >= 11 is 0. The number of hydrogen-bond donors (Lipinski definition) is 2. The number of nitrogens with zero attached hydrogens (tertiary/aromatic N) is 1. The zero-order valence-corrected chi connectivity index (χ0v) is 18.9. The van der Waals surface area contributed by atoms with Crippen molar-refractivity contribution in [2.75, 3.05) is 21.3 Å². The first kappa shape index (κ1) is 22.7. The van der Waals surface area contributed by atoms with Crippen LogP contribution in [0.4, 0.5) is 0 Å². The summed E-state index contributed by atoms with van der Waals surface area (Å²) in [6.07, 6.45) is 0. The van der Waals surface area contributed by atoms with Crippen molar-refractivity contribution >= 4 is 16.8 Å². The molecule has 174 valence electrons. The van der Waals surface area contributed by atoms with E-state index in [-0.39, 0.29) is 23.4 Å². The number of carbonyl (C=O) groups is 1. The van der Waals surface area contributed by atoms with E-state index in [2.05, 4.69) is 10.3 Å². The summed E-state index contributed by atoms with van der Waals surface area (Å²) in [7, 11) is 4.52. The lowest BCUT2D eigenvalue weighted by Gasteiger charge is -2.12. The number of amides is 1. The molecule has 2 N–H and O–H groups in total. The Morgan fingerprint density at radius 1 is 0.912 bits per heavy atom. The SMILES string of the molecule is COc1cc(OC)cc(-n2c(=O)[nH]c3cc(C(=O)NCc4ccccc4OC)ccc3c2=O)c1. The molecular weight excluding hydrogens is 438 g/mol. The topological polar surface area (TPSA) is 112 Å². The fourth-order valence-corrected chi connectivity index (χ4v) is 3.64. The van der Waals surface area contributed by atoms with Crippen molar-refractivity contribution < 1.29 is 19.0 Å². The van der Waals surface area contributed by atoms with Gasteiger partial charge in [-0.1, -0.05) is 18.2 Å². The van der Waals surface area contributed by atoms with Crippen LogP contribution in [0.5, 0.6) is 17.2 Å². The van der Waals surface area contributed by atoms with Crippen LogP contribution >= 0.6 is 0 Å². The van der Waals surface area contributed by atoms with Gasteiger partial charge in [0.2, 0.25) is 0 Å². The Kier molecular flexibility index (Phi) is 6.35. The lowest BCUT2D eigenvalue weighted by Crippen LogP contribution is -2.33. The lowest BCUT2D eigenvalue weighted by molar-refractivity contribution is 0.0951. The number of methoxy groups -OCH3 is 3. The molecule has 9 nitrogen and oxygen atoms in total. The van der Waals surface area contributed by atoms with Crippen LogP contribution in [0, 0.1) is 0 Å². The van der Waals surface area contributed by atoms with E-state index in [0.717, 1.165) is 10.1 Å². The molecule has 0 bridgehead atoms. The second-order valence-electron chi connectivity index (χ2n) is 7.40. The Morgan fingerprint density at radius 2 is 1.62 bits per heavy atom. The number of para-hydroxylation sites is 1. The highest BCUT2D eigenvalue weighted by atomic mass is 16.5. The van der Waals surface area contributed by atoms with Crippen LogP contribution in [0.1, 0.15) is 15.9 Å². The van der Waals surface area contributed by atoms with Crippen LogP contribution < -0.4 is 30.8 Å². The first-order valence-electron chi connectivity index (χ1n) is 10.4. The Hall–Kier alpha value is -4.53. The number of carbonyl (C=O) groups excluding carboxylic acids is 1. The average Bonchev–Trinajstić information content (AvgIpc) is 2.86. The summed E-state index contributed by atoms with van der Waals surface area (Å²) in [6, 6.07) is 16.7. The van der Waals surface area contributed by atoms with Gasteiger partial charge in [-0.15, -0.1) is 0 Å². The van der Waals surface area contributed by atoms with Gasteiger partial charge in [-0.3, -0.25) is 9.59 Å². The number of hydrogen-bond acceptors (Lipinski definition) is 6. The van der Waals surface area contributed by atoms with Crippen LogP contribution in [0.15, 0.2) is 70.3 Å². The molecule has 3 aromatic carbocycles. The molecule has 34 heavy (non-hydrogen) atoms. The monoisotopic (exact) mass is 461 g/mol. The first-order chi connectivity index (χ1) is 16.4. The van der Waals surface area contributed by atoms with Crippen molar-refractivity contribution in [3.8, 4) is 22.9 Å². The van der Waals surface area contributed by atoms with Crippen molar-refractivity contribution in [1.29, 1.82) is 0 Å². The maximum atomic E-state index is 13.2. The van der Waals surface area contributed by atoms with Crippen molar-refractivity contribution in [3.05, 3.63) is 92.6 Å². The van der Waals surface area contributed by atoms with Crippen LogP contribution in [-0.4, -0.2) is 36.8 Å². The quantitative estimate of drug-likeness (QED) is 0.438. The molecule has 0 aliphatic heterocycles. The standard InChI is InChI=1S/C25H23N3O6/c1-32-18-11-17(12-19(13-18)33-2)28-24(30)20-9-8-15(10-21(20)27-25(28)31)23(29)26-14-16-6-4-5-7-22(16)34-3/h4-13H,14H2,1-3H3,(H,26,29)(H,27,31). The van der Waals surface area contributed by atoms with Crippen molar-refractivity contribution in [1.82, 2.24) is 14.9 Å². The van der Waals surface area contributed by atoms with Crippen LogP contribution in [0.3, 0.4) is 0 Å². The van der Waals surface area contributed by atoms with E-state index in [4.69, 9.17) is 14.2 Å². The van der Waals surface area contributed by atoms with Gasteiger partial charge in [-0.2, -0.15) is 0 Å². The zero-order valence-electron chi connectivity index (χ0n) is 18.9. The van der Waals surface area contributed by atoms with Crippen molar-refractivity contribution in [2.45, 2.75) is 6.54 Å². The number of fused-ring (bicyclic) bond motifs is 1. The fraction of sp³-hybridized carbons (Fsp3) is 0.160. The van der Waals surface area contributed by atoms with E-state index in [0.29, 0.717) is 28.5 Å². The highest BCUT2D eigenvalue weighted by molar-refractivity contribution is 5.97. The fourth-order valence-electron chi connectivity index (χ4n) is 3.64. The van der Waals surface area contributed by atoms with E-state index < -0.39 is 11.2 Å². The van der Waals surface area contributed by atoms with Gasteiger partial charge in [0.15, 0.2) is 0 Å². The molecule has 0 spiro atoms. The lowest BCUT2D eigenvalue weighted by atomic mass is 10.1. The Balaban J connectivity index is 1.68. The number of aromatic nitrogens is 2. The van der Waals surface area contributed by atoms with Gasteiger partial charge in [-0.05, 0) is 24.3 Å². The van der Waals surface area contributed by atoms with Crippen LogP contribution in [0.25, 0.3) is 16.6 Å². The maximum Gasteiger partial charge on any atom is 0.333 e. The molecule has 0 radical (unpaired) electrons. The number of nitrogens with one attached hydrogen (secondary N) is 2. The van der Waals surface area contributed by atoms with Gasteiger partial charge in [-0.25, -0.2) is 9.36 Å². The molecule has 1 amide bonds. The van der Waals surface area contributed by atoms with Gasteiger partial charge < -0.3 is 24.5 Å². The first-order valence-corrected chi connectivity index (χ1v) is 10.4. The zero-order chi connectivity index (χ0) is 24.2. The maximum absolute atomic E-state index is 13.2. The predicted octanol–water partition coefficient (Wildman–Crippen LogP) is 2.63. The molecule has 4 aromatic rings. The summed E-state index contributed by atoms with van der Waals surface area (Å²) in [6.45, 7) is 0.261. The molecule has 0 fully saturated rings. The minimum atomic E-state index is -0.653. The normalized spacial score (nSPS) is 10.7. The number of ether oxygens (including phenoxy) is 3. The molecule has 1 aromatic heterocycles. The van der Waals surface area contributed by atoms with Crippen molar-refractivity contribution in [2.24, 2.45) is 0 Å². The van der Waals surface area contributed by atoms with Crippen LogP contribution in [0.2, 0.25) is 0 Å². The summed E-state index contributed by atoms with van der Waals surface area (Å²) < 4.78 is 16.8. The number of aromatic amines is 1. The minimum Gasteiger partial charge on any atom is -0.497 e. The van der Waals surface area contributed by atoms with Gasteiger partial charge in [0.05, 0.1) is 37.9 Å². The summed E-state index contributed by atoms with van der Waals surface area (Å²) in [5.74, 6) is 1.18. The Morgan fingerprint density at radius 3 is 2.29 bits per heavy atom. The number of rotatable bonds is 7. The van der Waals surface area contributed by atoms with E-state index in [1.54, 1.807) is 25.3 Å². The van der Waals surface area contributed by atoms with E-state index >= 15 is 0 Å². The second kappa shape index (κ2) is 9.53. The predicted molar refractivity (Wildman–Crippen MR) is 127 cm³/mol. The van der Waals surface area contributed by atoms with Gasteiger partial charge in [0, 0.05) is 35.9 Å². The number of benzene rings is 3. The van der Waals surface area contributed by atoms with Crippen LogP contribution in [-0.2, 0) is 6.54 Å². The molecule has 0 saturated carbocycles. The Labute approximate surface area is 194 Å². The van der Waals surface area contributed by atoms with Gasteiger partial charge >= 0.3 is 5.69 Å². The number of H-pyrrole nitrogens is 1. The molecule has 4 rings (SSSR count). The molecule has 0 aliphatic carbocycles. The highest BCUT2D eigenvalue weighted by Gasteiger charge is 2.14. The van der Waals surface area contributed by atoms with E-state index in [9.17, 15) is 14.4 Å². The molecule has 0 aliphatic rings. The molecular formula is C25H23N3O6. The molecule has 0 atom stereocenters. The van der Waals surface area contributed by atoms with E-state index in [1.165, 1.54) is 32.4 Å². The van der Waals surface area contributed by atoms with Crippen molar-refractivity contribution in [3.63, 3.8) is 0 Å². The van der Waals surface area contributed by atoms with Gasteiger partial charge in [0.1, 0.15) is 17.2 Å². The summed E-state index contributed by atoms with van der Waals surface area (Å²) in [5, 5.41) is 3.08. The molecule has 0 saturated heterocycles. The molecule has 0 unspecified atom stereocenters. The third kappa shape index (κ3) is 4.36. The third-order valence-corrected chi connectivity index (χ3v) is 5.39. The Bertz CT molecular complexity index is 1470. The van der Waals surface area contributed by atoms with E-state index in [1.807, 2.05) is 24.3 Å². The highest BCUT2D eigenvalue weighted by Crippen LogP contribution is 2.24. The molecule has 1 heterocycles. The summed E-state index contributed by atoms with van der Waals surface area (Å²) in [4.78, 5) is 41.4. The largest absolute Gasteiger partial charge is 0.497 e. The smallest absolute Gasteiger partial charge is 0.333 e. The minimum absolute atomic E-state index is 0.252. The average molecular weight is 461 g/mol. The van der Waals surface area contributed by atoms with Gasteiger partial charge in [0.25, 0.3) is 11.5 Å². The molecule has 9 heteroatoms. The second-order valence-corrected chi connectivity index (χ2v) is 7.40.